The van der Waals surface area contributed by atoms with E-state index in [1.165, 1.54) is 12.8 Å². The van der Waals surface area contributed by atoms with Crippen LogP contribution in [0.2, 0.25) is 0 Å². The molecular formula is C15H24N2O3. The van der Waals surface area contributed by atoms with Crippen LogP contribution in [0.15, 0.2) is 12.1 Å². The van der Waals surface area contributed by atoms with Gasteiger partial charge in [-0.05, 0) is 25.2 Å². The summed E-state index contributed by atoms with van der Waals surface area (Å²) in [6, 6.07) is 3.63. The number of hydrogen-bond donors (Lipinski definition) is 2. The molecule has 1 saturated carbocycles. The van der Waals surface area contributed by atoms with Crippen LogP contribution in [0, 0.1) is 5.92 Å². The monoisotopic (exact) mass is 280 g/mol. The van der Waals surface area contributed by atoms with Gasteiger partial charge in [0.15, 0.2) is 11.5 Å². The SMILES string of the molecule is COc1cc(N)c(NCCCOCC2CC2)cc1OC. The molecule has 0 spiro atoms. The van der Waals surface area contributed by atoms with Gasteiger partial charge >= 0.3 is 0 Å². The van der Waals surface area contributed by atoms with Crippen molar-refractivity contribution in [2.75, 3.05) is 45.0 Å². The van der Waals surface area contributed by atoms with Crippen LogP contribution in [-0.2, 0) is 4.74 Å². The van der Waals surface area contributed by atoms with Gasteiger partial charge in [-0.2, -0.15) is 0 Å². The first-order valence-electron chi connectivity index (χ1n) is 7.07. The topological polar surface area (TPSA) is 65.7 Å². The smallest absolute Gasteiger partial charge is 0.162 e. The first-order valence-corrected chi connectivity index (χ1v) is 7.07. The van der Waals surface area contributed by atoms with E-state index in [2.05, 4.69) is 5.32 Å². The molecule has 1 fully saturated rings. The van der Waals surface area contributed by atoms with E-state index in [1.807, 2.05) is 6.07 Å². The van der Waals surface area contributed by atoms with Crippen LogP contribution in [0.4, 0.5) is 11.4 Å². The fourth-order valence-corrected chi connectivity index (χ4v) is 1.98. The zero-order chi connectivity index (χ0) is 14.4. The molecule has 0 bridgehead atoms. The van der Waals surface area contributed by atoms with Crippen molar-refractivity contribution >= 4 is 11.4 Å². The number of nitrogens with two attached hydrogens (primary N) is 1. The highest BCUT2D eigenvalue weighted by atomic mass is 16.5. The van der Waals surface area contributed by atoms with Gasteiger partial charge in [0, 0.05) is 31.9 Å². The minimum absolute atomic E-state index is 0.642. The van der Waals surface area contributed by atoms with E-state index in [1.54, 1.807) is 20.3 Å². The second kappa shape index (κ2) is 7.24. The van der Waals surface area contributed by atoms with Gasteiger partial charge in [0.05, 0.1) is 25.6 Å². The molecule has 5 heteroatoms. The third kappa shape index (κ3) is 4.20. The maximum atomic E-state index is 5.98. The van der Waals surface area contributed by atoms with Crippen LogP contribution in [0.3, 0.4) is 0 Å². The lowest BCUT2D eigenvalue weighted by Gasteiger charge is -2.14. The van der Waals surface area contributed by atoms with Gasteiger partial charge in [0.1, 0.15) is 0 Å². The summed E-state index contributed by atoms with van der Waals surface area (Å²) in [4.78, 5) is 0. The van der Waals surface area contributed by atoms with Crippen LogP contribution in [0.5, 0.6) is 11.5 Å². The van der Waals surface area contributed by atoms with E-state index in [0.717, 1.165) is 37.8 Å². The molecule has 1 aromatic rings. The number of benzene rings is 1. The highest BCUT2D eigenvalue weighted by Crippen LogP contribution is 2.34. The van der Waals surface area contributed by atoms with Gasteiger partial charge in [0.2, 0.25) is 0 Å². The lowest BCUT2D eigenvalue weighted by Crippen LogP contribution is -2.08. The molecular weight excluding hydrogens is 256 g/mol. The average molecular weight is 280 g/mol. The first kappa shape index (κ1) is 14.8. The van der Waals surface area contributed by atoms with Crippen molar-refractivity contribution in [1.82, 2.24) is 0 Å². The number of hydrogen-bond acceptors (Lipinski definition) is 5. The lowest BCUT2D eigenvalue weighted by molar-refractivity contribution is 0.124. The van der Waals surface area contributed by atoms with Crippen molar-refractivity contribution < 1.29 is 14.2 Å². The number of nitrogens with one attached hydrogen (secondary N) is 1. The fourth-order valence-electron chi connectivity index (χ4n) is 1.98. The van der Waals surface area contributed by atoms with Crippen molar-refractivity contribution in [3.05, 3.63) is 12.1 Å². The molecule has 0 unspecified atom stereocenters. The van der Waals surface area contributed by atoms with Gasteiger partial charge in [0.25, 0.3) is 0 Å². The molecule has 0 radical (unpaired) electrons. The van der Waals surface area contributed by atoms with Gasteiger partial charge in [-0.25, -0.2) is 0 Å². The molecule has 0 amide bonds. The average Bonchev–Trinajstić information content (AvgIpc) is 3.27. The summed E-state index contributed by atoms with van der Waals surface area (Å²) in [5, 5.41) is 3.30. The number of rotatable bonds is 9. The normalized spacial score (nSPS) is 14.1. The molecule has 3 N–H and O–H groups in total. The Kier molecular flexibility index (Phi) is 5.35. The van der Waals surface area contributed by atoms with Crippen LogP contribution in [0.25, 0.3) is 0 Å². The Morgan fingerprint density at radius 3 is 2.55 bits per heavy atom. The third-order valence-electron chi connectivity index (χ3n) is 3.39. The molecule has 0 atom stereocenters. The molecule has 1 aliphatic carbocycles. The van der Waals surface area contributed by atoms with Gasteiger partial charge in [-0.1, -0.05) is 0 Å². The Balaban J connectivity index is 1.76. The van der Waals surface area contributed by atoms with Crippen LogP contribution in [0.1, 0.15) is 19.3 Å². The third-order valence-corrected chi connectivity index (χ3v) is 3.39. The zero-order valence-electron chi connectivity index (χ0n) is 12.3. The highest BCUT2D eigenvalue weighted by Gasteiger charge is 2.20. The Morgan fingerprint density at radius 1 is 1.20 bits per heavy atom. The Hall–Kier alpha value is -1.62. The minimum atomic E-state index is 0.642. The first-order chi connectivity index (χ1) is 9.74. The summed E-state index contributed by atoms with van der Waals surface area (Å²) in [5.41, 5.74) is 7.50. The molecule has 5 nitrogen and oxygen atoms in total. The van der Waals surface area contributed by atoms with E-state index in [-0.39, 0.29) is 0 Å². The number of anilines is 2. The van der Waals surface area contributed by atoms with Crippen molar-refractivity contribution in [1.29, 1.82) is 0 Å². The Morgan fingerprint density at radius 2 is 1.90 bits per heavy atom. The molecule has 0 heterocycles. The molecule has 0 aromatic heterocycles. The molecule has 1 aromatic carbocycles. The highest BCUT2D eigenvalue weighted by molar-refractivity contribution is 5.71. The van der Waals surface area contributed by atoms with Crippen LogP contribution >= 0.6 is 0 Å². The number of ether oxygens (including phenoxy) is 3. The van der Waals surface area contributed by atoms with Crippen molar-refractivity contribution in [2.24, 2.45) is 5.92 Å². The summed E-state index contributed by atoms with van der Waals surface area (Å²) in [6.07, 6.45) is 3.63. The largest absolute Gasteiger partial charge is 0.493 e. The van der Waals surface area contributed by atoms with E-state index in [9.17, 15) is 0 Å². The predicted molar refractivity (Wildman–Crippen MR) is 80.6 cm³/mol. The van der Waals surface area contributed by atoms with E-state index in [0.29, 0.717) is 17.2 Å². The Bertz CT molecular complexity index is 433. The van der Waals surface area contributed by atoms with Crippen molar-refractivity contribution in [3.63, 3.8) is 0 Å². The van der Waals surface area contributed by atoms with Gasteiger partial charge in [-0.15, -0.1) is 0 Å². The molecule has 2 rings (SSSR count). The summed E-state index contributed by atoms with van der Waals surface area (Å²) in [7, 11) is 3.21. The van der Waals surface area contributed by atoms with Crippen LogP contribution in [-0.4, -0.2) is 34.0 Å². The maximum absolute atomic E-state index is 5.98. The maximum Gasteiger partial charge on any atom is 0.162 e. The second-order valence-electron chi connectivity index (χ2n) is 5.09. The molecule has 112 valence electrons. The number of methoxy groups -OCH3 is 2. The van der Waals surface area contributed by atoms with E-state index in [4.69, 9.17) is 19.9 Å². The second-order valence-corrected chi connectivity index (χ2v) is 5.09. The summed E-state index contributed by atoms with van der Waals surface area (Å²) in [6.45, 7) is 2.53. The molecule has 0 saturated heterocycles. The van der Waals surface area contributed by atoms with Gasteiger partial charge < -0.3 is 25.3 Å². The molecule has 1 aliphatic rings. The van der Waals surface area contributed by atoms with E-state index >= 15 is 0 Å². The molecule has 20 heavy (non-hydrogen) atoms. The fraction of sp³-hybridized carbons (Fsp3) is 0.600. The summed E-state index contributed by atoms with van der Waals surface area (Å²) >= 11 is 0. The van der Waals surface area contributed by atoms with Crippen molar-refractivity contribution in [2.45, 2.75) is 19.3 Å². The van der Waals surface area contributed by atoms with Gasteiger partial charge in [-0.3, -0.25) is 0 Å². The summed E-state index contributed by atoms with van der Waals surface area (Å²) in [5.74, 6) is 2.14. The number of nitrogen functional groups attached to an aromatic ring is 1. The predicted octanol–water partition coefficient (Wildman–Crippen LogP) is 2.51. The van der Waals surface area contributed by atoms with Crippen molar-refractivity contribution in [3.8, 4) is 11.5 Å². The standard InChI is InChI=1S/C15H24N2O3/c1-18-14-8-12(16)13(9-15(14)19-2)17-6-3-7-20-10-11-4-5-11/h8-9,11,17H,3-7,10,16H2,1-2H3. The van der Waals surface area contributed by atoms with E-state index < -0.39 is 0 Å². The minimum Gasteiger partial charge on any atom is -0.493 e. The lowest BCUT2D eigenvalue weighted by atomic mass is 10.2. The quantitative estimate of drug-likeness (QED) is 0.537. The van der Waals surface area contributed by atoms with Crippen LogP contribution < -0.4 is 20.5 Å². The summed E-state index contributed by atoms with van der Waals surface area (Å²) < 4.78 is 16.1. The Labute approximate surface area is 120 Å². The zero-order valence-corrected chi connectivity index (χ0v) is 12.3. The molecule has 0 aliphatic heterocycles.